The molecule has 0 spiro atoms. The summed E-state index contributed by atoms with van der Waals surface area (Å²) in [6.07, 6.45) is 64.4. The lowest BCUT2D eigenvalue weighted by molar-refractivity contribution is 0.289. The van der Waals surface area contributed by atoms with E-state index in [4.69, 9.17) is 14.2 Å². The Labute approximate surface area is 476 Å². The van der Waals surface area contributed by atoms with Gasteiger partial charge in [0, 0.05) is 0 Å². The predicted molar refractivity (Wildman–Crippen MR) is 340 cm³/mol. The zero-order chi connectivity index (χ0) is 55.4. The van der Waals surface area contributed by atoms with E-state index < -0.39 is 0 Å². The van der Waals surface area contributed by atoms with Crippen molar-refractivity contribution >= 4 is 0 Å². The molecule has 0 unspecified atom stereocenters. The Balaban J connectivity index is 1.35. The topological polar surface area (TPSA) is 27.7 Å². The SMILES string of the molecule is C=CC/C=C\C/C=C\CCCCCCCc1cccc(OCc2c(C)c(COc3cccc(CCCCCCC/C=C\C/C=C\CC=C)c3)c(C)c(COc3cccc(CCCCCCC/C=C\C/C=C\CC=C)c3)c2C)c1. The molecule has 0 aliphatic heterocycles. The molecular weight excluding hydrogens is 949 g/mol. The lowest BCUT2D eigenvalue weighted by atomic mass is 9.89. The van der Waals surface area contributed by atoms with Gasteiger partial charge in [0.05, 0.1) is 0 Å². The van der Waals surface area contributed by atoms with E-state index in [9.17, 15) is 0 Å². The maximum absolute atomic E-state index is 6.71. The second-order valence-electron chi connectivity index (χ2n) is 21.1. The van der Waals surface area contributed by atoms with Crippen LogP contribution in [-0.2, 0) is 39.1 Å². The molecule has 0 heterocycles. The molecule has 78 heavy (non-hydrogen) atoms. The summed E-state index contributed by atoms with van der Waals surface area (Å²) in [4.78, 5) is 0. The number of aryl methyl sites for hydroxylation is 3. The molecule has 0 aliphatic carbocycles. The maximum atomic E-state index is 6.71. The molecule has 0 amide bonds. The number of unbranched alkanes of at least 4 members (excludes halogenated alkanes) is 15. The van der Waals surface area contributed by atoms with Crippen LogP contribution in [0.5, 0.6) is 17.2 Å². The van der Waals surface area contributed by atoms with Gasteiger partial charge in [-0.25, -0.2) is 0 Å². The molecule has 0 N–H and O–H groups in total. The van der Waals surface area contributed by atoms with Crippen LogP contribution in [0.4, 0.5) is 0 Å². The van der Waals surface area contributed by atoms with E-state index in [1.54, 1.807) is 0 Å². The fourth-order valence-electron chi connectivity index (χ4n) is 9.99. The minimum atomic E-state index is 0.487. The van der Waals surface area contributed by atoms with E-state index in [-0.39, 0.29) is 0 Å². The van der Waals surface area contributed by atoms with Crippen LogP contribution in [-0.4, -0.2) is 0 Å². The van der Waals surface area contributed by atoms with Crippen LogP contribution in [0, 0.1) is 20.8 Å². The Kier molecular flexibility index (Phi) is 35.5. The van der Waals surface area contributed by atoms with Crippen LogP contribution >= 0.6 is 0 Å². The Bertz CT molecular complexity index is 2160. The molecule has 0 bridgehead atoms. The largest absolute Gasteiger partial charge is 0.489 e. The van der Waals surface area contributed by atoms with Gasteiger partial charge < -0.3 is 14.2 Å². The summed E-state index contributed by atoms with van der Waals surface area (Å²) in [5.41, 5.74) is 11.4. The molecule has 0 aromatic heterocycles. The summed E-state index contributed by atoms with van der Waals surface area (Å²) >= 11 is 0. The molecule has 0 atom stereocenters. The van der Waals surface area contributed by atoms with Gasteiger partial charge in [-0.1, -0.05) is 185 Å². The van der Waals surface area contributed by atoms with Gasteiger partial charge in [0.1, 0.15) is 37.1 Å². The van der Waals surface area contributed by atoms with Gasteiger partial charge in [-0.15, -0.1) is 19.7 Å². The van der Waals surface area contributed by atoms with Crippen molar-refractivity contribution in [1.29, 1.82) is 0 Å². The monoisotopic (exact) mass is 1050 g/mol. The van der Waals surface area contributed by atoms with Crippen molar-refractivity contribution in [3.8, 4) is 17.2 Å². The van der Waals surface area contributed by atoms with Gasteiger partial charge >= 0.3 is 0 Å². The molecule has 420 valence electrons. The van der Waals surface area contributed by atoms with Gasteiger partial charge in [0.25, 0.3) is 0 Å². The molecule has 3 heteroatoms. The number of rotatable bonds is 45. The molecule has 0 aliphatic rings. The van der Waals surface area contributed by atoms with E-state index >= 15 is 0 Å². The average molecular weight is 1050 g/mol. The van der Waals surface area contributed by atoms with Crippen LogP contribution < -0.4 is 14.2 Å². The summed E-state index contributed by atoms with van der Waals surface area (Å²) in [6, 6.07) is 26.3. The van der Waals surface area contributed by atoms with E-state index in [1.807, 2.05) is 18.2 Å². The molecule has 3 nitrogen and oxygen atoms in total. The fourth-order valence-corrected chi connectivity index (χ4v) is 9.99. The number of hydrogen-bond donors (Lipinski definition) is 0. The highest BCUT2D eigenvalue weighted by molar-refractivity contribution is 5.51. The molecule has 0 saturated heterocycles. The summed E-state index contributed by atoms with van der Waals surface area (Å²) in [6.45, 7) is 19.5. The number of ether oxygens (including phenoxy) is 3. The smallest absolute Gasteiger partial charge is 0.120 e. The maximum Gasteiger partial charge on any atom is 0.120 e. The molecule has 0 fully saturated rings. The van der Waals surface area contributed by atoms with Gasteiger partial charge in [0.2, 0.25) is 0 Å². The van der Waals surface area contributed by atoms with Crippen LogP contribution in [0.25, 0.3) is 0 Å². The summed E-state index contributed by atoms with van der Waals surface area (Å²) in [5.74, 6) is 2.78. The van der Waals surface area contributed by atoms with Crippen molar-refractivity contribution in [2.45, 2.75) is 214 Å². The molecule has 4 aromatic rings. The van der Waals surface area contributed by atoms with Gasteiger partial charge in [-0.2, -0.15) is 0 Å². The Morgan fingerprint density at radius 1 is 0.308 bits per heavy atom. The Morgan fingerprint density at radius 2 is 0.564 bits per heavy atom. The standard InChI is InChI=1S/C75H102O3/c1-7-10-13-16-19-22-25-28-31-34-37-40-43-49-67-52-46-55-70(58-67)76-61-73-64(4)74(62-77-71-56-47-53-68(59-71)50-44-41-38-35-32-29-26-23-20-17-14-11-8-2)66(6)75(65(73)5)63-78-72-57-48-54-69(60-72)51-45-42-39-36-33-30-27-24-21-18-15-12-9-3/h7-9,13-18,22-27,46-48,52-60H,1-3,10-12,19-21,28-45,49-51,61-63H2,4-6H3/b16-13-,17-14-,18-15-,25-22-,26-23-,27-24-. The van der Waals surface area contributed by atoms with Crippen molar-refractivity contribution in [3.63, 3.8) is 0 Å². The second kappa shape index (κ2) is 42.9. The third kappa shape index (κ3) is 28.5. The van der Waals surface area contributed by atoms with E-state index in [1.165, 1.54) is 166 Å². The average Bonchev–Trinajstić information content (AvgIpc) is 3.48. The number of allylic oxidation sites excluding steroid dienone is 15. The lowest BCUT2D eigenvalue weighted by Crippen LogP contribution is -2.13. The molecular formula is C75H102O3. The van der Waals surface area contributed by atoms with Gasteiger partial charge in [-0.3, -0.25) is 0 Å². The van der Waals surface area contributed by atoms with Crippen molar-refractivity contribution in [1.82, 2.24) is 0 Å². The zero-order valence-electron chi connectivity index (χ0n) is 49.1. The van der Waals surface area contributed by atoms with Crippen LogP contribution in [0.1, 0.15) is 204 Å². The first-order chi connectivity index (χ1) is 38.4. The van der Waals surface area contributed by atoms with E-state index in [2.05, 4.69) is 186 Å². The molecule has 4 rings (SSSR count). The first kappa shape index (κ1) is 64.5. The summed E-state index contributed by atoms with van der Waals surface area (Å²) < 4.78 is 20.1. The van der Waals surface area contributed by atoms with E-state index in [0.29, 0.717) is 19.8 Å². The minimum absolute atomic E-state index is 0.487. The molecule has 4 aromatic carbocycles. The highest BCUT2D eigenvalue weighted by atomic mass is 16.5. The fraction of sp³-hybridized carbons (Fsp3) is 0.440. The van der Waals surface area contributed by atoms with Crippen molar-refractivity contribution in [2.75, 3.05) is 0 Å². The molecule has 0 radical (unpaired) electrons. The van der Waals surface area contributed by atoms with Crippen molar-refractivity contribution in [2.24, 2.45) is 0 Å². The van der Waals surface area contributed by atoms with Crippen LogP contribution in [0.15, 0.2) is 184 Å². The van der Waals surface area contributed by atoms with Crippen molar-refractivity contribution in [3.05, 3.63) is 234 Å². The van der Waals surface area contributed by atoms with Gasteiger partial charge in [-0.05, 0) is 223 Å². The third-order valence-corrected chi connectivity index (χ3v) is 14.8. The number of benzene rings is 4. The van der Waals surface area contributed by atoms with Crippen LogP contribution in [0.3, 0.4) is 0 Å². The first-order valence-electron chi connectivity index (χ1n) is 30.4. The highest BCUT2D eigenvalue weighted by Crippen LogP contribution is 2.32. The first-order valence-corrected chi connectivity index (χ1v) is 30.4. The minimum Gasteiger partial charge on any atom is -0.489 e. The summed E-state index contributed by atoms with van der Waals surface area (Å²) in [7, 11) is 0. The third-order valence-electron chi connectivity index (χ3n) is 14.8. The highest BCUT2D eigenvalue weighted by Gasteiger charge is 2.19. The van der Waals surface area contributed by atoms with Crippen LogP contribution in [0.2, 0.25) is 0 Å². The normalized spacial score (nSPS) is 11.9. The number of hydrogen-bond acceptors (Lipinski definition) is 3. The lowest BCUT2D eigenvalue weighted by Gasteiger charge is -2.23. The summed E-state index contributed by atoms with van der Waals surface area (Å²) in [5, 5.41) is 0. The second-order valence-corrected chi connectivity index (χ2v) is 21.1. The predicted octanol–water partition coefficient (Wildman–Crippen LogP) is 22.2. The molecule has 0 saturated carbocycles. The Morgan fingerprint density at radius 3 is 0.859 bits per heavy atom. The quantitative estimate of drug-likeness (QED) is 0.0326. The zero-order valence-corrected chi connectivity index (χ0v) is 49.1. The van der Waals surface area contributed by atoms with Crippen molar-refractivity contribution < 1.29 is 14.2 Å². The van der Waals surface area contributed by atoms with Gasteiger partial charge in [0.15, 0.2) is 0 Å². The van der Waals surface area contributed by atoms with E-state index in [0.717, 1.165) is 75.0 Å². The Hall–Kier alpha value is -6.06.